The minimum atomic E-state index is 0. The van der Waals surface area contributed by atoms with Gasteiger partial charge in [0.2, 0.25) is 0 Å². The first-order valence-electron chi connectivity index (χ1n) is 5.62. The normalized spacial score (nSPS) is 9.43. The van der Waals surface area contributed by atoms with Crippen LogP contribution < -0.4 is 0 Å². The van der Waals surface area contributed by atoms with E-state index < -0.39 is 0 Å². The molecule has 0 saturated carbocycles. The maximum atomic E-state index is 2.99. The van der Waals surface area contributed by atoms with Crippen LogP contribution in [0.4, 0.5) is 0 Å². The van der Waals surface area contributed by atoms with Gasteiger partial charge >= 0.3 is 26.2 Å². The van der Waals surface area contributed by atoms with Gasteiger partial charge in [-0.2, -0.15) is 17.5 Å². The molecule has 0 bridgehead atoms. The number of fused-ring (bicyclic) bond motifs is 1. The van der Waals surface area contributed by atoms with E-state index in [4.69, 9.17) is 0 Å². The Morgan fingerprint density at radius 1 is 1.14 bits per heavy atom. The monoisotopic (exact) mass is 416 g/mol. The molecule has 1 aromatic carbocycles. The van der Waals surface area contributed by atoms with Crippen LogP contribution in [0.15, 0.2) is 48.6 Å². The first-order valence-corrected chi connectivity index (χ1v) is 7.62. The molecule has 3 rings (SSSR count). The van der Waals surface area contributed by atoms with Crippen LogP contribution in [0, 0.1) is 19.7 Å². The summed E-state index contributed by atoms with van der Waals surface area (Å²) in [6, 6.07) is 10.1. The summed E-state index contributed by atoms with van der Waals surface area (Å²) >= 11 is 0. The second kappa shape index (κ2) is 19.9. The molecule has 0 fully saturated rings. The summed E-state index contributed by atoms with van der Waals surface area (Å²) in [5.41, 5.74) is 1.15. The molecule has 113 valence electrons. The maximum absolute atomic E-state index is 2.99. The Balaban J connectivity index is -0.000000107. The fraction of sp³-hybridized carbons (Fsp3) is 0.188. The number of benzene rings is 1. The number of allylic oxidation sites excluding steroid dienone is 4. The summed E-state index contributed by atoms with van der Waals surface area (Å²) in [6.07, 6.45) is 12.9. The minimum absolute atomic E-state index is 0. The molecule has 0 atom stereocenters. The third-order valence-corrected chi connectivity index (χ3v) is 1.98. The Labute approximate surface area is 163 Å². The van der Waals surface area contributed by atoms with E-state index in [-0.39, 0.29) is 58.4 Å². The molecule has 2 aromatic rings. The van der Waals surface area contributed by atoms with Crippen molar-refractivity contribution in [3.8, 4) is 0 Å². The fourth-order valence-corrected chi connectivity index (χ4v) is 1.27. The van der Waals surface area contributed by atoms with Crippen LogP contribution in [0.2, 0.25) is 13.1 Å². The molecule has 1 aliphatic rings. The van der Waals surface area contributed by atoms with Crippen LogP contribution in [-0.2, 0) is 26.2 Å². The molecule has 3 radical (unpaired) electrons. The van der Waals surface area contributed by atoms with Crippen LogP contribution in [0.1, 0.15) is 6.42 Å². The molecule has 1 aliphatic carbocycles. The Bertz CT molecular complexity index is 444. The number of para-hydroxylation sites is 1. The van der Waals surface area contributed by atoms with Gasteiger partial charge in [0.25, 0.3) is 0 Å². The van der Waals surface area contributed by atoms with Crippen molar-refractivity contribution in [2.75, 3.05) is 0 Å². The van der Waals surface area contributed by atoms with Gasteiger partial charge < -0.3 is 12.4 Å². The van der Waals surface area contributed by atoms with Gasteiger partial charge in [-0.05, 0) is 0 Å². The second-order valence-electron chi connectivity index (χ2n) is 3.50. The number of hydrogen-bond donors (Lipinski definition) is 1. The molecular weight excluding hydrogens is 396 g/mol. The Hall–Kier alpha value is -0.0800. The molecular formula is C16H22Cl2NSiZr. The number of nitrogens with one attached hydrogen (secondary N) is 1. The van der Waals surface area contributed by atoms with E-state index in [1.54, 1.807) is 0 Å². The first-order chi connectivity index (χ1) is 8.38. The zero-order valence-electron chi connectivity index (χ0n) is 12.6. The summed E-state index contributed by atoms with van der Waals surface area (Å²) in [5, 5.41) is 1.22. The predicted molar refractivity (Wildman–Crippen MR) is 97.1 cm³/mol. The van der Waals surface area contributed by atoms with E-state index in [0.29, 0.717) is 0 Å². The van der Waals surface area contributed by atoms with Crippen molar-refractivity contribution < 1.29 is 26.2 Å². The Kier molecular flexibility index (Phi) is 27.5. The third kappa shape index (κ3) is 13.3. The van der Waals surface area contributed by atoms with Gasteiger partial charge in [-0.25, -0.2) is 12.2 Å². The van der Waals surface area contributed by atoms with Crippen LogP contribution in [0.25, 0.3) is 10.9 Å². The van der Waals surface area contributed by atoms with Gasteiger partial charge in [0.05, 0.1) is 0 Å². The molecule has 1 nitrogen and oxygen atoms in total. The van der Waals surface area contributed by atoms with Gasteiger partial charge in [-0.1, -0.05) is 25.2 Å². The van der Waals surface area contributed by atoms with Crippen LogP contribution in [0.5, 0.6) is 0 Å². The number of hydrogen-bond acceptors (Lipinski definition) is 0. The summed E-state index contributed by atoms with van der Waals surface area (Å²) in [6.45, 7) is 4.31. The number of aromatic nitrogens is 1. The number of rotatable bonds is 0. The van der Waals surface area contributed by atoms with Gasteiger partial charge in [-0.3, -0.25) is 6.08 Å². The maximum Gasteiger partial charge on any atom is 3.00 e. The van der Waals surface area contributed by atoms with Gasteiger partial charge in [-0.15, -0.1) is 55.1 Å². The zero-order chi connectivity index (χ0) is 12.3. The minimum Gasteiger partial charge on any atom is -0.477 e. The average molecular weight is 419 g/mol. The van der Waals surface area contributed by atoms with Gasteiger partial charge in [0, 0.05) is 9.52 Å². The molecule has 1 N–H and O–H groups in total. The summed E-state index contributed by atoms with van der Waals surface area (Å²) < 4.78 is 0. The molecule has 1 aromatic heterocycles. The smallest absolute Gasteiger partial charge is 0.477 e. The van der Waals surface area contributed by atoms with Crippen molar-refractivity contribution in [2.45, 2.75) is 19.5 Å². The van der Waals surface area contributed by atoms with E-state index in [2.05, 4.69) is 42.5 Å². The molecule has 0 spiro atoms. The molecule has 5 heteroatoms. The van der Waals surface area contributed by atoms with E-state index >= 15 is 0 Å². The molecule has 1 heterocycles. The van der Waals surface area contributed by atoms with Crippen molar-refractivity contribution in [3.63, 3.8) is 0 Å². The number of halogens is 2. The second-order valence-corrected chi connectivity index (χ2v) is 4.50. The van der Waals surface area contributed by atoms with Gasteiger partial charge in [0.1, 0.15) is 0 Å². The average Bonchev–Trinajstić information content (AvgIpc) is 3.05. The first kappa shape index (κ1) is 29.0. The Morgan fingerprint density at radius 3 is 2.19 bits per heavy atom. The van der Waals surface area contributed by atoms with Crippen LogP contribution in [-0.4, -0.2) is 14.5 Å². The molecule has 0 aliphatic heterocycles. The van der Waals surface area contributed by atoms with Crippen molar-refractivity contribution in [1.29, 1.82) is 0 Å². The fourth-order valence-electron chi connectivity index (χ4n) is 1.27. The topological polar surface area (TPSA) is 15.8 Å². The third-order valence-electron chi connectivity index (χ3n) is 1.98. The molecule has 0 unspecified atom stereocenters. The van der Waals surface area contributed by atoms with Crippen molar-refractivity contribution >= 4 is 45.2 Å². The van der Waals surface area contributed by atoms with Crippen LogP contribution in [0.3, 0.4) is 0 Å². The zero-order valence-corrected chi connectivity index (χ0v) is 17.7. The van der Waals surface area contributed by atoms with E-state index in [0.717, 1.165) is 21.5 Å². The predicted octanol–water partition coefficient (Wildman–Crippen LogP) is 5.35. The van der Waals surface area contributed by atoms with E-state index in [9.17, 15) is 0 Å². The van der Waals surface area contributed by atoms with Crippen LogP contribution >= 0.6 is 24.8 Å². The Morgan fingerprint density at radius 2 is 1.76 bits per heavy atom. The van der Waals surface area contributed by atoms with E-state index in [1.807, 2.05) is 36.4 Å². The summed E-state index contributed by atoms with van der Waals surface area (Å²) in [7, 11) is 1.08. The van der Waals surface area contributed by atoms with Crippen molar-refractivity contribution in [2.24, 2.45) is 0 Å². The standard InChI is InChI=1S/C8H6N.C5H5.C2H6Si.CH3.2ClH.Zr/c1-2-4-8-7(3-1)5-6-9-8;1-2-4-5-3-1;1-3-2;;;;/h1-5,9H;1-3H,4H2;1-2H3;1H3;2*1H;/q2*-1;;-1;;;+3. The number of H-pyrrole nitrogens is 1. The van der Waals surface area contributed by atoms with Crippen molar-refractivity contribution in [3.05, 3.63) is 68.3 Å². The molecule has 21 heavy (non-hydrogen) atoms. The SMILES string of the molecule is C[Si]C.Cl.Cl.[C-]1=CC=CC1.[CH3-].[Zr+3].[c-]1cc2ccccc2[nH]1. The summed E-state index contributed by atoms with van der Waals surface area (Å²) in [5.74, 6) is 0. The molecule has 0 saturated heterocycles. The summed E-state index contributed by atoms with van der Waals surface area (Å²) in [4.78, 5) is 2.99. The number of aromatic amines is 1. The largest absolute Gasteiger partial charge is 3.00 e. The molecule has 0 amide bonds. The van der Waals surface area contributed by atoms with Crippen molar-refractivity contribution in [1.82, 2.24) is 4.98 Å². The van der Waals surface area contributed by atoms with Gasteiger partial charge in [0.15, 0.2) is 0 Å². The quantitative estimate of drug-likeness (QED) is 0.438. The van der Waals surface area contributed by atoms with E-state index in [1.165, 1.54) is 5.39 Å².